The van der Waals surface area contributed by atoms with Crippen LogP contribution in [0.2, 0.25) is 0 Å². The maximum atomic E-state index is 11.0. The summed E-state index contributed by atoms with van der Waals surface area (Å²) in [6, 6.07) is 7.91. The van der Waals surface area contributed by atoms with Crippen LogP contribution in [0.15, 0.2) is 34.2 Å². The lowest BCUT2D eigenvalue weighted by atomic mass is 10.2. The van der Waals surface area contributed by atoms with E-state index in [0.717, 1.165) is 5.56 Å². The summed E-state index contributed by atoms with van der Waals surface area (Å²) in [5.41, 5.74) is 4.92. The molecule has 1 aromatic carbocycles. The molecule has 0 saturated carbocycles. The summed E-state index contributed by atoms with van der Waals surface area (Å²) in [5.74, 6) is 0.349. The number of hydrogen-bond donors (Lipinski definition) is 2. The van der Waals surface area contributed by atoms with Gasteiger partial charge in [0.1, 0.15) is 5.69 Å². The van der Waals surface area contributed by atoms with Crippen molar-refractivity contribution < 1.29 is 0 Å². The maximum Gasteiger partial charge on any atom is 0.363 e. The quantitative estimate of drug-likeness (QED) is 0.627. The topological polar surface area (TPSA) is 83.0 Å². The summed E-state index contributed by atoms with van der Waals surface area (Å²) < 4.78 is 0. The molecule has 0 saturated heterocycles. The number of aromatic nitrogens is 3. The van der Waals surface area contributed by atoms with Gasteiger partial charge in [-0.1, -0.05) is 29.8 Å². The number of anilines is 1. The van der Waals surface area contributed by atoms with Crippen molar-refractivity contribution in [3.8, 4) is 0 Å². The van der Waals surface area contributed by atoms with Gasteiger partial charge in [0.2, 0.25) is 0 Å². The Labute approximate surface area is 104 Å². The van der Waals surface area contributed by atoms with Gasteiger partial charge in [-0.3, -0.25) is 5.43 Å². The molecule has 2 aromatic rings. The highest BCUT2D eigenvalue weighted by molar-refractivity contribution is 5.80. The Kier molecular flexibility index (Phi) is 3.47. The Morgan fingerprint density at radius 1 is 1.28 bits per heavy atom. The van der Waals surface area contributed by atoms with Gasteiger partial charge in [-0.2, -0.15) is 15.2 Å². The van der Waals surface area contributed by atoms with Crippen LogP contribution >= 0.6 is 0 Å². The Bertz CT molecular complexity index is 615. The second-order valence-electron chi connectivity index (χ2n) is 3.86. The molecule has 0 unspecified atom stereocenters. The van der Waals surface area contributed by atoms with Crippen LogP contribution in [0, 0.1) is 13.8 Å². The van der Waals surface area contributed by atoms with Crippen molar-refractivity contribution in [3.05, 3.63) is 51.6 Å². The van der Waals surface area contributed by atoms with Gasteiger partial charge in [-0.25, -0.2) is 9.89 Å². The summed E-state index contributed by atoms with van der Waals surface area (Å²) in [6.07, 6.45) is 1.65. The van der Waals surface area contributed by atoms with E-state index < -0.39 is 5.69 Å². The largest absolute Gasteiger partial charge is 0.363 e. The summed E-state index contributed by atoms with van der Waals surface area (Å²) in [5, 5.41) is 10.0. The molecule has 0 fully saturated rings. The van der Waals surface area contributed by atoms with Crippen molar-refractivity contribution in [1.82, 2.24) is 15.2 Å². The second kappa shape index (κ2) is 5.22. The minimum Gasteiger partial charge on any atom is -0.260 e. The SMILES string of the molecule is Cc1ccc(/C=N\Nc2nc(=O)[nH]nc2C)cc1. The van der Waals surface area contributed by atoms with Crippen LogP contribution in [0.4, 0.5) is 5.82 Å². The second-order valence-corrected chi connectivity index (χ2v) is 3.86. The first kappa shape index (κ1) is 12.0. The standard InChI is InChI=1S/C12H13N5O/c1-8-3-5-10(6-4-8)7-13-16-11-9(2)15-17-12(18)14-11/h3-7H,1-2H3,(H2,14,16,17,18)/b13-7-. The highest BCUT2D eigenvalue weighted by Crippen LogP contribution is 2.03. The molecule has 0 aliphatic rings. The Balaban J connectivity index is 2.09. The molecular weight excluding hydrogens is 230 g/mol. The fraction of sp³-hybridized carbons (Fsp3) is 0.167. The molecule has 0 amide bonds. The van der Waals surface area contributed by atoms with E-state index in [1.54, 1.807) is 13.1 Å². The van der Waals surface area contributed by atoms with E-state index in [0.29, 0.717) is 11.5 Å². The third-order valence-corrected chi connectivity index (χ3v) is 2.34. The molecule has 0 bridgehead atoms. The molecule has 92 valence electrons. The number of rotatable bonds is 3. The molecule has 6 heteroatoms. The van der Waals surface area contributed by atoms with E-state index in [4.69, 9.17) is 0 Å². The van der Waals surface area contributed by atoms with Gasteiger partial charge in [0.15, 0.2) is 5.82 Å². The van der Waals surface area contributed by atoms with Crippen LogP contribution < -0.4 is 11.1 Å². The average Bonchev–Trinajstić information content (AvgIpc) is 2.36. The number of aryl methyl sites for hydroxylation is 2. The average molecular weight is 243 g/mol. The molecule has 18 heavy (non-hydrogen) atoms. The molecule has 0 aliphatic heterocycles. The fourth-order valence-corrected chi connectivity index (χ4v) is 1.32. The lowest BCUT2D eigenvalue weighted by Gasteiger charge is -2.00. The zero-order chi connectivity index (χ0) is 13.0. The van der Waals surface area contributed by atoms with Crippen LogP contribution in [-0.4, -0.2) is 21.4 Å². The fourth-order valence-electron chi connectivity index (χ4n) is 1.32. The third-order valence-electron chi connectivity index (χ3n) is 2.34. The number of hydrazone groups is 1. The van der Waals surface area contributed by atoms with Gasteiger partial charge < -0.3 is 0 Å². The molecule has 2 N–H and O–H groups in total. The molecule has 0 radical (unpaired) electrons. The van der Waals surface area contributed by atoms with Gasteiger partial charge >= 0.3 is 5.69 Å². The number of H-pyrrole nitrogens is 1. The Morgan fingerprint density at radius 2 is 2.00 bits per heavy atom. The molecule has 0 aliphatic carbocycles. The van der Waals surface area contributed by atoms with Gasteiger partial charge in [-0.05, 0) is 19.4 Å². The maximum absolute atomic E-state index is 11.0. The van der Waals surface area contributed by atoms with E-state index in [1.165, 1.54) is 5.56 Å². The Hall–Kier alpha value is -2.50. The first-order chi connectivity index (χ1) is 8.65. The zero-order valence-electron chi connectivity index (χ0n) is 10.1. The normalized spacial score (nSPS) is 10.8. The van der Waals surface area contributed by atoms with E-state index in [1.807, 2.05) is 31.2 Å². The van der Waals surface area contributed by atoms with Crippen LogP contribution in [0.5, 0.6) is 0 Å². The van der Waals surface area contributed by atoms with Crippen molar-refractivity contribution in [3.63, 3.8) is 0 Å². The van der Waals surface area contributed by atoms with Gasteiger partial charge in [0.25, 0.3) is 0 Å². The summed E-state index contributed by atoms with van der Waals surface area (Å²) in [6.45, 7) is 3.75. The van der Waals surface area contributed by atoms with Gasteiger partial charge in [0, 0.05) is 0 Å². The predicted molar refractivity (Wildman–Crippen MR) is 69.8 cm³/mol. The van der Waals surface area contributed by atoms with E-state index in [9.17, 15) is 4.79 Å². The molecule has 2 rings (SSSR count). The molecule has 0 spiro atoms. The molecule has 0 atom stereocenters. The zero-order valence-corrected chi connectivity index (χ0v) is 10.1. The van der Waals surface area contributed by atoms with E-state index in [-0.39, 0.29) is 0 Å². The number of benzene rings is 1. The molecular formula is C12H13N5O. The lowest BCUT2D eigenvalue weighted by molar-refractivity contribution is 0.879. The monoisotopic (exact) mass is 243 g/mol. The summed E-state index contributed by atoms with van der Waals surface area (Å²) in [7, 11) is 0. The van der Waals surface area contributed by atoms with Crippen LogP contribution in [0.3, 0.4) is 0 Å². The van der Waals surface area contributed by atoms with Crippen LogP contribution in [-0.2, 0) is 0 Å². The number of hydrogen-bond acceptors (Lipinski definition) is 5. The van der Waals surface area contributed by atoms with E-state index in [2.05, 4.69) is 25.7 Å². The number of nitrogens with zero attached hydrogens (tertiary/aromatic N) is 3. The smallest absolute Gasteiger partial charge is 0.260 e. The molecule has 6 nitrogen and oxygen atoms in total. The Morgan fingerprint density at radius 3 is 2.72 bits per heavy atom. The van der Waals surface area contributed by atoms with Crippen molar-refractivity contribution in [2.45, 2.75) is 13.8 Å². The van der Waals surface area contributed by atoms with Crippen molar-refractivity contribution in [2.75, 3.05) is 5.43 Å². The highest BCUT2D eigenvalue weighted by atomic mass is 16.1. The van der Waals surface area contributed by atoms with Crippen LogP contribution in [0.1, 0.15) is 16.8 Å². The minimum absolute atomic E-state index is 0.349. The van der Waals surface area contributed by atoms with Gasteiger partial charge in [-0.15, -0.1) is 0 Å². The van der Waals surface area contributed by atoms with Gasteiger partial charge in [0.05, 0.1) is 6.21 Å². The first-order valence-corrected chi connectivity index (χ1v) is 5.44. The first-order valence-electron chi connectivity index (χ1n) is 5.44. The van der Waals surface area contributed by atoms with E-state index >= 15 is 0 Å². The van der Waals surface area contributed by atoms with Crippen molar-refractivity contribution in [2.24, 2.45) is 5.10 Å². The minimum atomic E-state index is -0.506. The number of nitrogens with one attached hydrogen (secondary N) is 2. The third kappa shape index (κ3) is 3.00. The molecule has 1 aromatic heterocycles. The van der Waals surface area contributed by atoms with Crippen molar-refractivity contribution >= 4 is 12.0 Å². The predicted octanol–water partition coefficient (Wildman–Crippen LogP) is 1.23. The lowest BCUT2D eigenvalue weighted by Crippen LogP contribution is -2.15. The highest BCUT2D eigenvalue weighted by Gasteiger charge is 1.99. The number of aromatic amines is 1. The van der Waals surface area contributed by atoms with Crippen molar-refractivity contribution in [1.29, 1.82) is 0 Å². The van der Waals surface area contributed by atoms with Crippen LogP contribution in [0.25, 0.3) is 0 Å². The summed E-state index contributed by atoms with van der Waals surface area (Å²) in [4.78, 5) is 14.7. The molecule has 1 heterocycles. The summed E-state index contributed by atoms with van der Waals surface area (Å²) >= 11 is 0.